The van der Waals surface area contributed by atoms with Gasteiger partial charge in [-0.3, -0.25) is 0 Å². The maximum atomic E-state index is 11.8. The minimum atomic E-state index is -2.40. The molecule has 0 aliphatic heterocycles. The predicted molar refractivity (Wildman–Crippen MR) is 48.9 cm³/mol. The van der Waals surface area contributed by atoms with Crippen molar-refractivity contribution in [3.05, 3.63) is 0 Å². The van der Waals surface area contributed by atoms with Crippen LogP contribution in [0.2, 0.25) is 0 Å². The van der Waals surface area contributed by atoms with Gasteiger partial charge in [0.05, 0.1) is 6.10 Å². The number of ether oxygens (including phenoxy) is 1. The van der Waals surface area contributed by atoms with Crippen LogP contribution >= 0.6 is 0 Å². The molecule has 0 spiro atoms. The largest absolute Gasteiger partial charge is 0.371 e. The third kappa shape index (κ3) is 5.93. The van der Waals surface area contributed by atoms with Crippen LogP contribution in [0.15, 0.2) is 0 Å². The summed E-state index contributed by atoms with van der Waals surface area (Å²) in [4.78, 5) is 0. The van der Waals surface area contributed by atoms with E-state index >= 15 is 0 Å². The third-order valence-electron chi connectivity index (χ3n) is 1.94. The molecule has 0 saturated carbocycles. The van der Waals surface area contributed by atoms with E-state index in [1.165, 1.54) is 0 Å². The zero-order chi connectivity index (χ0) is 10.3. The van der Waals surface area contributed by atoms with Gasteiger partial charge < -0.3 is 10.5 Å². The van der Waals surface area contributed by atoms with Crippen molar-refractivity contribution in [2.75, 3.05) is 6.61 Å². The molecule has 0 aliphatic carbocycles. The second kappa shape index (κ2) is 7.21. The summed E-state index contributed by atoms with van der Waals surface area (Å²) in [5, 5.41) is 0. The summed E-state index contributed by atoms with van der Waals surface area (Å²) in [6, 6.07) is -0.117. The van der Waals surface area contributed by atoms with Gasteiger partial charge in [-0.05, 0) is 12.8 Å². The summed E-state index contributed by atoms with van der Waals surface area (Å²) in [7, 11) is 0. The quantitative estimate of drug-likeness (QED) is 0.675. The van der Waals surface area contributed by atoms with Crippen LogP contribution in [-0.2, 0) is 4.74 Å². The first-order valence-electron chi connectivity index (χ1n) is 4.77. The average Bonchev–Trinajstić information content (AvgIpc) is 2.05. The topological polar surface area (TPSA) is 35.2 Å². The van der Waals surface area contributed by atoms with E-state index in [0.717, 1.165) is 12.8 Å². The normalized spacial score (nSPS) is 16.2. The third-order valence-corrected chi connectivity index (χ3v) is 1.94. The maximum Gasteiger partial charge on any atom is 0.261 e. The Balaban J connectivity index is 3.73. The lowest BCUT2D eigenvalue weighted by atomic mass is 10.1. The molecule has 13 heavy (non-hydrogen) atoms. The molecule has 0 aliphatic rings. The number of rotatable bonds is 7. The summed E-state index contributed by atoms with van der Waals surface area (Å²) in [5.41, 5.74) is 5.76. The molecule has 2 nitrogen and oxygen atoms in total. The van der Waals surface area contributed by atoms with Gasteiger partial charge in [-0.1, -0.05) is 20.3 Å². The van der Waals surface area contributed by atoms with Crippen LogP contribution in [0.1, 0.15) is 33.1 Å². The van der Waals surface area contributed by atoms with Gasteiger partial charge in [0, 0.05) is 6.04 Å². The van der Waals surface area contributed by atoms with Gasteiger partial charge >= 0.3 is 0 Å². The number of nitrogens with two attached hydrogens (primary N) is 1. The van der Waals surface area contributed by atoms with Crippen molar-refractivity contribution in [3.8, 4) is 0 Å². The Kier molecular flexibility index (Phi) is 7.09. The van der Waals surface area contributed by atoms with Crippen molar-refractivity contribution < 1.29 is 13.5 Å². The molecule has 0 aromatic carbocycles. The Morgan fingerprint density at radius 3 is 2.31 bits per heavy atom. The Bertz CT molecular complexity index is 122. The average molecular weight is 195 g/mol. The molecule has 2 N–H and O–H groups in total. The van der Waals surface area contributed by atoms with Gasteiger partial charge in [-0.25, -0.2) is 8.78 Å². The van der Waals surface area contributed by atoms with E-state index in [2.05, 4.69) is 0 Å². The highest BCUT2D eigenvalue weighted by Crippen LogP contribution is 2.09. The van der Waals surface area contributed by atoms with Crippen LogP contribution in [0.4, 0.5) is 8.78 Å². The minimum Gasteiger partial charge on any atom is -0.371 e. The van der Waals surface area contributed by atoms with E-state index in [1.807, 2.05) is 13.8 Å². The van der Waals surface area contributed by atoms with E-state index in [0.29, 0.717) is 6.42 Å². The van der Waals surface area contributed by atoms with Crippen LogP contribution in [0.25, 0.3) is 0 Å². The summed E-state index contributed by atoms with van der Waals surface area (Å²) in [5.74, 6) is 0. The van der Waals surface area contributed by atoms with Crippen molar-refractivity contribution in [3.63, 3.8) is 0 Å². The molecule has 80 valence electrons. The summed E-state index contributed by atoms with van der Waals surface area (Å²) in [6.45, 7) is 3.40. The van der Waals surface area contributed by atoms with Gasteiger partial charge in [0.1, 0.15) is 6.61 Å². The number of halogens is 2. The van der Waals surface area contributed by atoms with Crippen LogP contribution in [-0.4, -0.2) is 25.2 Å². The Labute approximate surface area is 78.4 Å². The number of alkyl halides is 2. The number of hydrogen-bond acceptors (Lipinski definition) is 2. The first kappa shape index (κ1) is 12.8. The van der Waals surface area contributed by atoms with Gasteiger partial charge in [-0.15, -0.1) is 0 Å². The Hall–Kier alpha value is -0.220. The highest BCUT2D eigenvalue weighted by Gasteiger charge is 2.17. The standard InChI is InChI=1S/C9H19F2NO/c1-3-5-7(12)8(4-2)13-6-9(10)11/h7-9H,3-6,12H2,1-2H3. The lowest BCUT2D eigenvalue weighted by Crippen LogP contribution is -2.37. The Morgan fingerprint density at radius 2 is 1.92 bits per heavy atom. The van der Waals surface area contributed by atoms with E-state index < -0.39 is 13.0 Å². The number of hydrogen-bond donors (Lipinski definition) is 1. The first-order chi connectivity index (χ1) is 6.11. The molecule has 4 heteroatoms. The molecular weight excluding hydrogens is 176 g/mol. The van der Waals surface area contributed by atoms with Gasteiger partial charge in [0.25, 0.3) is 6.43 Å². The van der Waals surface area contributed by atoms with Crippen LogP contribution in [0.3, 0.4) is 0 Å². The summed E-state index contributed by atoms with van der Waals surface area (Å²) < 4.78 is 28.6. The van der Waals surface area contributed by atoms with E-state index in [1.54, 1.807) is 0 Å². The fourth-order valence-corrected chi connectivity index (χ4v) is 1.26. The fourth-order valence-electron chi connectivity index (χ4n) is 1.26. The first-order valence-corrected chi connectivity index (χ1v) is 4.77. The van der Waals surface area contributed by atoms with Gasteiger partial charge in [0.15, 0.2) is 0 Å². The predicted octanol–water partition coefficient (Wildman–Crippen LogP) is 2.17. The van der Waals surface area contributed by atoms with Crippen LogP contribution in [0, 0.1) is 0 Å². The van der Waals surface area contributed by atoms with Crippen molar-refractivity contribution in [2.45, 2.75) is 51.7 Å². The SMILES string of the molecule is CCCC(N)C(CC)OCC(F)F. The highest BCUT2D eigenvalue weighted by molar-refractivity contribution is 4.71. The van der Waals surface area contributed by atoms with Crippen molar-refractivity contribution in [1.82, 2.24) is 0 Å². The zero-order valence-corrected chi connectivity index (χ0v) is 8.30. The molecule has 0 rings (SSSR count). The lowest BCUT2D eigenvalue weighted by Gasteiger charge is -2.22. The van der Waals surface area contributed by atoms with Crippen molar-refractivity contribution in [1.29, 1.82) is 0 Å². The fraction of sp³-hybridized carbons (Fsp3) is 1.00. The minimum absolute atomic E-state index is 0.117. The Morgan fingerprint density at radius 1 is 1.31 bits per heavy atom. The molecule has 2 unspecified atom stereocenters. The molecule has 0 aromatic heterocycles. The molecule has 0 aromatic rings. The molecule has 2 atom stereocenters. The summed E-state index contributed by atoms with van der Waals surface area (Å²) in [6.07, 6.45) is -0.164. The van der Waals surface area contributed by atoms with Gasteiger partial charge in [-0.2, -0.15) is 0 Å². The highest BCUT2D eigenvalue weighted by atomic mass is 19.3. The van der Waals surface area contributed by atoms with Crippen LogP contribution in [0.5, 0.6) is 0 Å². The lowest BCUT2D eigenvalue weighted by molar-refractivity contribution is -0.0353. The summed E-state index contributed by atoms with van der Waals surface area (Å²) >= 11 is 0. The molecule has 0 bridgehead atoms. The van der Waals surface area contributed by atoms with Crippen LogP contribution < -0.4 is 5.73 Å². The molecule has 0 fully saturated rings. The van der Waals surface area contributed by atoms with Gasteiger partial charge in [0.2, 0.25) is 0 Å². The molecule has 0 radical (unpaired) electrons. The molecular formula is C9H19F2NO. The van der Waals surface area contributed by atoms with Crippen molar-refractivity contribution >= 4 is 0 Å². The smallest absolute Gasteiger partial charge is 0.261 e. The molecule has 0 amide bonds. The van der Waals surface area contributed by atoms with E-state index in [4.69, 9.17) is 10.5 Å². The second-order valence-electron chi connectivity index (χ2n) is 3.12. The second-order valence-corrected chi connectivity index (χ2v) is 3.12. The van der Waals surface area contributed by atoms with E-state index in [-0.39, 0.29) is 12.1 Å². The van der Waals surface area contributed by atoms with E-state index in [9.17, 15) is 8.78 Å². The zero-order valence-electron chi connectivity index (χ0n) is 8.30. The van der Waals surface area contributed by atoms with Crippen molar-refractivity contribution in [2.24, 2.45) is 5.73 Å². The maximum absolute atomic E-state index is 11.8. The monoisotopic (exact) mass is 195 g/mol. The molecule has 0 heterocycles. The molecule has 0 saturated heterocycles.